The van der Waals surface area contributed by atoms with Crippen molar-refractivity contribution in [1.82, 2.24) is 24.5 Å². The van der Waals surface area contributed by atoms with E-state index in [-0.39, 0.29) is 36.1 Å². The highest BCUT2D eigenvalue weighted by Gasteiger charge is 2.34. The minimum Gasteiger partial charge on any atom is -0.443 e. The van der Waals surface area contributed by atoms with Crippen LogP contribution in [0.2, 0.25) is 0 Å². The molecule has 0 aromatic carbocycles. The number of anilines is 1. The lowest BCUT2D eigenvalue weighted by molar-refractivity contribution is -0.141. The number of Topliss-reactive ketones (excluding diaryl/α,β-unsaturated/α-hetero) is 1. The van der Waals surface area contributed by atoms with Crippen molar-refractivity contribution in [3.63, 3.8) is 0 Å². The Morgan fingerprint density at radius 2 is 2.04 bits per heavy atom. The lowest BCUT2D eigenvalue weighted by atomic mass is 10.1. The van der Waals surface area contributed by atoms with E-state index < -0.39 is 17.7 Å². The maximum absolute atomic E-state index is 12.7. The Kier molecular flexibility index (Phi) is 4.68. The number of alkyl halides is 3. The number of nitrogens with zero attached hydrogens (tertiary/aromatic N) is 5. The minimum absolute atomic E-state index is 0.00702. The maximum atomic E-state index is 12.7. The average Bonchev–Trinajstić information content (AvgIpc) is 3.23. The zero-order valence-corrected chi connectivity index (χ0v) is 14.4. The number of halogens is 3. The quantitative estimate of drug-likeness (QED) is 0.677. The van der Waals surface area contributed by atoms with E-state index in [9.17, 15) is 18.0 Å². The molecule has 0 unspecified atom stereocenters. The molecule has 0 fully saturated rings. The van der Waals surface area contributed by atoms with Crippen molar-refractivity contribution in [1.29, 1.82) is 0 Å². The summed E-state index contributed by atoms with van der Waals surface area (Å²) in [5.41, 5.74) is 5.48. The number of oxazole rings is 1. The van der Waals surface area contributed by atoms with E-state index in [2.05, 4.69) is 19.9 Å². The first-order chi connectivity index (χ1) is 12.7. The molecule has 0 saturated heterocycles. The number of carbonyl (C=O) groups is 1. The molecule has 27 heavy (non-hydrogen) atoms. The first-order valence-electron chi connectivity index (χ1n) is 7.83. The van der Waals surface area contributed by atoms with Gasteiger partial charge in [0.1, 0.15) is 23.5 Å². The molecule has 0 radical (unpaired) electrons. The zero-order valence-electron chi connectivity index (χ0n) is 14.4. The molecule has 0 spiro atoms. The Balaban J connectivity index is 1.77. The standard InChI is InChI=1S/C16H15F3N6O2/c1-8-12(15-21-5-6-27-15)24-14(20)13(22-8)9(26)3-4-11-23-10(7-25(11)2)16(17,18)19/h5-7H,3-4H2,1-2H3,(H2,20,24). The van der Waals surface area contributed by atoms with Gasteiger partial charge in [-0.15, -0.1) is 0 Å². The second kappa shape index (κ2) is 6.82. The van der Waals surface area contributed by atoms with Crippen molar-refractivity contribution in [2.45, 2.75) is 25.9 Å². The molecule has 0 atom stereocenters. The third-order valence-corrected chi connectivity index (χ3v) is 3.83. The van der Waals surface area contributed by atoms with Gasteiger partial charge in [-0.25, -0.2) is 19.9 Å². The molecular formula is C16H15F3N6O2. The van der Waals surface area contributed by atoms with Crippen LogP contribution < -0.4 is 5.73 Å². The van der Waals surface area contributed by atoms with Crippen molar-refractivity contribution in [2.75, 3.05) is 5.73 Å². The SMILES string of the molecule is Cc1nc(C(=O)CCc2nc(C(F)(F)F)cn2C)c(N)nc1-c1ncco1. The number of hydrogen-bond acceptors (Lipinski definition) is 7. The predicted octanol–water partition coefficient (Wildman–Crippen LogP) is 2.59. The van der Waals surface area contributed by atoms with Crippen LogP contribution >= 0.6 is 0 Å². The van der Waals surface area contributed by atoms with Gasteiger partial charge in [-0.1, -0.05) is 0 Å². The van der Waals surface area contributed by atoms with Crippen molar-refractivity contribution in [3.05, 3.63) is 41.6 Å². The number of nitrogen functional groups attached to an aromatic ring is 1. The van der Waals surface area contributed by atoms with Crippen molar-refractivity contribution < 1.29 is 22.4 Å². The van der Waals surface area contributed by atoms with Gasteiger partial charge in [0.2, 0.25) is 5.89 Å². The van der Waals surface area contributed by atoms with Crippen LogP contribution in [0.15, 0.2) is 23.1 Å². The second-order valence-electron chi connectivity index (χ2n) is 5.80. The first-order valence-corrected chi connectivity index (χ1v) is 7.83. The molecule has 0 saturated carbocycles. The van der Waals surface area contributed by atoms with Crippen LogP contribution in [0.5, 0.6) is 0 Å². The lowest BCUT2D eigenvalue weighted by Gasteiger charge is -2.07. The van der Waals surface area contributed by atoms with Gasteiger partial charge in [0.15, 0.2) is 17.3 Å². The lowest BCUT2D eigenvalue weighted by Crippen LogP contribution is -2.13. The third kappa shape index (κ3) is 3.81. The van der Waals surface area contributed by atoms with E-state index in [4.69, 9.17) is 10.2 Å². The van der Waals surface area contributed by atoms with E-state index in [0.717, 1.165) is 6.20 Å². The van der Waals surface area contributed by atoms with E-state index in [1.165, 1.54) is 24.1 Å². The number of nitrogens with two attached hydrogens (primary N) is 1. The van der Waals surface area contributed by atoms with Crippen LogP contribution in [0.1, 0.15) is 34.1 Å². The molecule has 3 heterocycles. The molecule has 0 aliphatic rings. The highest BCUT2D eigenvalue weighted by molar-refractivity contribution is 5.98. The molecule has 0 aliphatic heterocycles. The minimum atomic E-state index is -4.54. The third-order valence-electron chi connectivity index (χ3n) is 3.83. The smallest absolute Gasteiger partial charge is 0.434 e. The summed E-state index contributed by atoms with van der Waals surface area (Å²) >= 11 is 0. The van der Waals surface area contributed by atoms with Gasteiger partial charge >= 0.3 is 6.18 Å². The summed E-state index contributed by atoms with van der Waals surface area (Å²) in [6, 6.07) is 0. The number of carbonyl (C=O) groups excluding carboxylic acids is 1. The Hall–Kier alpha value is -3.24. The number of ketones is 1. The molecule has 142 valence electrons. The summed E-state index contributed by atoms with van der Waals surface area (Å²) in [7, 11) is 1.44. The summed E-state index contributed by atoms with van der Waals surface area (Å²) in [6.45, 7) is 1.62. The Morgan fingerprint density at radius 3 is 2.63 bits per heavy atom. The monoisotopic (exact) mass is 380 g/mol. The molecule has 0 amide bonds. The topological polar surface area (TPSA) is 113 Å². The molecule has 8 nitrogen and oxygen atoms in total. The first kappa shape index (κ1) is 18.5. The number of hydrogen-bond donors (Lipinski definition) is 1. The summed E-state index contributed by atoms with van der Waals surface area (Å²) < 4.78 is 44.5. The number of aromatic nitrogens is 5. The molecule has 0 aliphatic carbocycles. The fourth-order valence-corrected chi connectivity index (χ4v) is 2.50. The van der Waals surface area contributed by atoms with Gasteiger partial charge in [0, 0.05) is 26.1 Å². The largest absolute Gasteiger partial charge is 0.443 e. The molecular weight excluding hydrogens is 365 g/mol. The number of rotatable bonds is 5. The molecule has 0 bridgehead atoms. The van der Waals surface area contributed by atoms with Crippen LogP contribution in [0.25, 0.3) is 11.6 Å². The number of imidazole rings is 1. The van der Waals surface area contributed by atoms with Crippen LogP contribution in [0.4, 0.5) is 19.0 Å². The molecule has 3 aromatic rings. The summed E-state index contributed by atoms with van der Waals surface area (Å²) in [5.74, 6) is -0.193. The predicted molar refractivity (Wildman–Crippen MR) is 87.5 cm³/mol. The number of aryl methyl sites for hydroxylation is 3. The van der Waals surface area contributed by atoms with Crippen molar-refractivity contribution in [2.24, 2.45) is 7.05 Å². The molecule has 11 heteroatoms. The fraction of sp³-hybridized carbons (Fsp3) is 0.312. The fourth-order valence-electron chi connectivity index (χ4n) is 2.50. The van der Waals surface area contributed by atoms with Crippen LogP contribution in [-0.2, 0) is 19.6 Å². The highest BCUT2D eigenvalue weighted by atomic mass is 19.4. The Labute approximate surface area is 151 Å². The zero-order chi connectivity index (χ0) is 19.8. The summed E-state index contributed by atoms with van der Waals surface area (Å²) in [5, 5.41) is 0. The van der Waals surface area contributed by atoms with Crippen molar-refractivity contribution >= 4 is 11.6 Å². The van der Waals surface area contributed by atoms with E-state index in [0.29, 0.717) is 11.4 Å². The Morgan fingerprint density at radius 1 is 1.30 bits per heavy atom. The second-order valence-corrected chi connectivity index (χ2v) is 5.80. The van der Waals surface area contributed by atoms with Gasteiger partial charge in [-0.2, -0.15) is 13.2 Å². The van der Waals surface area contributed by atoms with Crippen LogP contribution in [-0.4, -0.2) is 30.3 Å². The Bertz CT molecular complexity index is 979. The van der Waals surface area contributed by atoms with Crippen LogP contribution in [0, 0.1) is 6.92 Å². The molecule has 3 aromatic heterocycles. The summed E-state index contributed by atoms with van der Waals surface area (Å²) in [4.78, 5) is 28.2. The van der Waals surface area contributed by atoms with Gasteiger partial charge in [-0.05, 0) is 6.92 Å². The van der Waals surface area contributed by atoms with Gasteiger partial charge < -0.3 is 14.7 Å². The summed E-state index contributed by atoms with van der Waals surface area (Å²) in [6.07, 6.45) is -0.959. The molecule has 3 rings (SSSR count). The van der Waals surface area contributed by atoms with Gasteiger partial charge in [-0.3, -0.25) is 4.79 Å². The highest BCUT2D eigenvalue weighted by Crippen LogP contribution is 2.28. The van der Waals surface area contributed by atoms with E-state index in [1.807, 2.05) is 0 Å². The maximum Gasteiger partial charge on any atom is 0.434 e. The van der Waals surface area contributed by atoms with Crippen molar-refractivity contribution in [3.8, 4) is 11.6 Å². The average molecular weight is 380 g/mol. The van der Waals surface area contributed by atoms with Gasteiger partial charge in [0.05, 0.1) is 11.9 Å². The van der Waals surface area contributed by atoms with Crippen LogP contribution in [0.3, 0.4) is 0 Å². The molecule has 2 N–H and O–H groups in total. The van der Waals surface area contributed by atoms with Gasteiger partial charge in [0.25, 0.3) is 0 Å². The normalized spacial score (nSPS) is 11.7. The van der Waals surface area contributed by atoms with E-state index in [1.54, 1.807) is 6.92 Å². The van der Waals surface area contributed by atoms with E-state index >= 15 is 0 Å².